The Bertz CT molecular complexity index is 384. The van der Waals surface area contributed by atoms with E-state index in [0.717, 1.165) is 12.1 Å². The molecule has 1 aromatic carbocycles. The van der Waals surface area contributed by atoms with Crippen molar-refractivity contribution in [2.45, 2.75) is 40.2 Å². The highest BCUT2D eigenvalue weighted by Gasteiger charge is 2.16. The predicted molar refractivity (Wildman–Crippen MR) is 71.6 cm³/mol. The summed E-state index contributed by atoms with van der Waals surface area (Å²) in [5.41, 5.74) is 2.28. The Morgan fingerprint density at radius 2 is 1.88 bits per heavy atom. The number of hydrogen-bond acceptors (Lipinski definition) is 2. The van der Waals surface area contributed by atoms with Crippen LogP contribution in [0.1, 0.15) is 51.3 Å². The third kappa shape index (κ3) is 4.20. The molecule has 0 radical (unpaired) electrons. The Balaban J connectivity index is 2.58. The molecule has 1 N–H and O–H groups in total. The molecule has 0 aromatic heterocycles. The van der Waals surface area contributed by atoms with Gasteiger partial charge in [0.1, 0.15) is 0 Å². The molecule has 92 valence electrons. The van der Waals surface area contributed by atoms with Crippen molar-refractivity contribution in [2.24, 2.45) is 5.41 Å². The van der Waals surface area contributed by atoms with E-state index in [2.05, 4.69) is 39.1 Å². The molecule has 0 amide bonds. The smallest absolute Gasteiger partial charge is 0.0991 e. The van der Waals surface area contributed by atoms with E-state index in [4.69, 9.17) is 5.26 Å². The second-order valence-corrected chi connectivity index (χ2v) is 5.35. The van der Waals surface area contributed by atoms with Gasteiger partial charge in [-0.2, -0.15) is 5.26 Å². The summed E-state index contributed by atoms with van der Waals surface area (Å²) in [5.74, 6) is 0. The van der Waals surface area contributed by atoms with Gasteiger partial charge in [-0.1, -0.05) is 32.9 Å². The lowest BCUT2D eigenvalue weighted by molar-refractivity contribution is 0.314. The Morgan fingerprint density at radius 1 is 1.29 bits per heavy atom. The van der Waals surface area contributed by atoms with Gasteiger partial charge in [0.15, 0.2) is 0 Å². The molecule has 1 aromatic rings. The molecule has 1 rings (SSSR count). The molecule has 0 bridgehead atoms. The van der Waals surface area contributed by atoms with E-state index in [0.29, 0.717) is 11.5 Å². The van der Waals surface area contributed by atoms with Gasteiger partial charge in [0.2, 0.25) is 0 Å². The Hall–Kier alpha value is -1.33. The van der Waals surface area contributed by atoms with Crippen LogP contribution in [0.15, 0.2) is 24.3 Å². The van der Waals surface area contributed by atoms with Crippen molar-refractivity contribution in [3.63, 3.8) is 0 Å². The van der Waals surface area contributed by atoms with E-state index in [1.807, 2.05) is 24.3 Å². The molecular weight excluding hydrogens is 208 g/mol. The fourth-order valence-electron chi connectivity index (χ4n) is 1.52. The van der Waals surface area contributed by atoms with E-state index in [1.165, 1.54) is 12.0 Å². The number of hydrogen-bond donors (Lipinski definition) is 1. The highest BCUT2D eigenvalue weighted by Crippen LogP contribution is 2.20. The third-order valence-electron chi connectivity index (χ3n) is 3.38. The van der Waals surface area contributed by atoms with Crippen molar-refractivity contribution in [3.05, 3.63) is 35.4 Å². The first-order valence-electron chi connectivity index (χ1n) is 6.22. The number of nitrogens with zero attached hydrogens (tertiary/aromatic N) is 1. The van der Waals surface area contributed by atoms with E-state index in [9.17, 15) is 0 Å². The summed E-state index contributed by atoms with van der Waals surface area (Å²) in [6, 6.07) is 10.3. The van der Waals surface area contributed by atoms with Gasteiger partial charge < -0.3 is 5.32 Å². The van der Waals surface area contributed by atoms with Crippen molar-refractivity contribution < 1.29 is 0 Å². The maximum Gasteiger partial charge on any atom is 0.0991 e. The first-order chi connectivity index (χ1) is 7.98. The topological polar surface area (TPSA) is 35.8 Å². The fourth-order valence-corrected chi connectivity index (χ4v) is 1.52. The van der Waals surface area contributed by atoms with Crippen LogP contribution in [-0.2, 0) is 0 Å². The Morgan fingerprint density at radius 3 is 2.35 bits per heavy atom. The van der Waals surface area contributed by atoms with Crippen molar-refractivity contribution >= 4 is 0 Å². The van der Waals surface area contributed by atoms with Gasteiger partial charge in [-0.25, -0.2) is 0 Å². The highest BCUT2D eigenvalue weighted by atomic mass is 14.9. The molecule has 2 nitrogen and oxygen atoms in total. The third-order valence-corrected chi connectivity index (χ3v) is 3.38. The van der Waals surface area contributed by atoms with Crippen LogP contribution in [-0.4, -0.2) is 6.54 Å². The van der Waals surface area contributed by atoms with Gasteiger partial charge in [-0.3, -0.25) is 0 Å². The van der Waals surface area contributed by atoms with Gasteiger partial charge >= 0.3 is 0 Å². The quantitative estimate of drug-likeness (QED) is 0.838. The first kappa shape index (κ1) is 13.7. The lowest BCUT2D eigenvalue weighted by atomic mass is 9.90. The molecule has 0 saturated heterocycles. The normalized spacial score (nSPS) is 13.1. The summed E-state index contributed by atoms with van der Waals surface area (Å²) in [5, 5.41) is 12.3. The summed E-state index contributed by atoms with van der Waals surface area (Å²) < 4.78 is 0. The predicted octanol–water partition coefficient (Wildman–Crippen LogP) is 3.65. The van der Waals surface area contributed by atoms with Gasteiger partial charge in [-0.05, 0) is 36.5 Å². The molecule has 0 heterocycles. The zero-order chi connectivity index (χ0) is 12.9. The van der Waals surface area contributed by atoms with Crippen LogP contribution in [0.3, 0.4) is 0 Å². The van der Waals surface area contributed by atoms with E-state index >= 15 is 0 Å². The number of rotatable bonds is 5. The summed E-state index contributed by atoms with van der Waals surface area (Å²) in [7, 11) is 0. The van der Waals surface area contributed by atoms with Crippen LogP contribution in [0.2, 0.25) is 0 Å². The summed E-state index contributed by atoms with van der Waals surface area (Å²) in [6.07, 6.45) is 1.17. The average Bonchev–Trinajstić information content (AvgIpc) is 2.36. The standard InChI is InChI=1S/C15H22N2/c1-5-15(3,4)11-17-12(2)14-8-6-13(10-16)7-9-14/h6-9,12,17H,5,11H2,1-4H3. The fraction of sp³-hybridized carbons (Fsp3) is 0.533. The summed E-state index contributed by atoms with van der Waals surface area (Å²) in [4.78, 5) is 0. The molecule has 0 saturated carbocycles. The maximum absolute atomic E-state index is 8.74. The lowest BCUT2D eigenvalue weighted by Gasteiger charge is -2.26. The minimum Gasteiger partial charge on any atom is -0.310 e. The molecule has 1 atom stereocenters. The van der Waals surface area contributed by atoms with Crippen LogP contribution < -0.4 is 5.32 Å². The zero-order valence-corrected chi connectivity index (χ0v) is 11.2. The van der Waals surface area contributed by atoms with E-state index < -0.39 is 0 Å². The molecule has 0 spiro atoms. The number of nitriles is 1. The van der Waals surface area contributed by atoms with Crippen LogP contribution in [0.5, 0.6) is 0 Å². The van der Waals surface area contributed by atoms with Gasteiger partial charge in [0.25, 0.3) is 0 Å². The average molecular weight is 230 g/mol. The van der Waals surface area contributed by atoms with E-state index in [1.54, 1.807) is 0 Å². The molecule has 1 unspecified atom stereocenters. The van der Waals surface area contributed by atoms with Crippen LogP contribution in [0.25, 0.3) is 0 Å². The second kappa shape index (κ2) is 5.84. The monoisotopic (exact) mass is 230 g/mol. The van der Waals surface area contributed by atoms with Gasteiger partial charge in [0.05, 0.1) is 11.6 Å². The minimum absolute atomic E-state index is 0.327. The second-order valence-electron chi connectivity index (χ2n) is 5.35. The maximum atomic E-state index is 8.74. The molecule has 0 aliphatic heterocycles. The largest absolute Gasteiger partial charge is 0.310 e. The number of nitrogens with one attached hydrogen (secondary N) is 1. The molecule has 0 fully saturated rings. The first-order valence-corrected chi connectivity index (χ1v) is 6.22. The van der Waals surface area contributed by atoms with Crippen LogP contribution in [0, 0.1) is 16.7 Å². The molecule has 0 aliphatic rings. The molecule has 2 heteroatoms. The van der Waals surface area contributed by atoms with Crippen LogP contribution >= 0.6 is 0 Å². The minimum atomic E-state index is 0.327. The van der Waals surface area contributed by atoms with Crippen molar-refractivity contribution in [2.75, 3.05) is 6.54 Å². The molecular formula is C15H22N2. The Labute approximate surface area is 105 Å². The summed E-state index contributed by atoms with van der Waals surface area (Å²) in [6.45, 7) is 9.92. The number of benzene rings is 1. The Kier molecular flexibility index (Phi) is 4.72. The molecule has 17 heavy (non-hydrogen) atoms. The van der Waals surface area contributed by atoms with Gasteiger partial charge in [-0.15, -0.1) is 0 Å². The van der Waals surface area contributed by atoms with Crippen LogP contribution in [0.4, 0.5) is 0 Å². The summed E-state index contributed by atoms with van der Waals surface area (Å²) >= 11 is 0. The molecule has 0 aliphatic carbocycles. The van der Waals surface area contributed by atoms with Crippen molar-refractivity contribution in [3.8, 4) is 6.07 Å². The van der Waals surface area contributed by atoms with E-state index in [-0.39, 0.29) is 0 Å². The SMILES string of the molecule is CCC(C)(C)CNC(C)c1ccc(C#N)cc1. The zero-order valence-electron chi connectivity index (χ0n) is 11.2. The lowest BCUT2D eigenvalue weighted by Crippen LogP contribution is -2.30. The highest BCUT2D eigenvalue weighted by molar-refractivity contribution is 5.32. The van der Waals surface area contributed by atoms with Crippen molar-refractivity contribution in [1.82, 2.24) is 5.32 Å². The van der Waals surface area contributed by atoms with Gasteiger partial charge in [0, 0.05) is 12.6 Å². The van der Waals surface area contributed by atoms with Crippen molar-refractivity contribution in [1.29, 1.82) is 5.26 Å².